The molecular weight excluding hydrogens is 219 g/mol. The highest BCUT2D eigenvalue weighted by Crippen LogP contribution is 2.16. The summed E-state index contributed by atoms with van der Waals surface area (Å²) >= 11 is 0. The summed E-state index contributed by atoms with van der Waals surface area (Å²) < 4.78 is 17.9. The maximum atomic E-state index is 12.9. The highest BCUT2D eigenvalue weighted by molar-refractivity contribution is 5.81. The molecule has 0 atom stereocenters. The molecule has 0 saturated heterocycles. The van der Waals surface area contributed by atoms with E-state index < -0.39 is 0 Å². The van der Waals surface area contributed by atoms with Gasteiger partial charge >= 0.3 is 0 Å². The number of methoxy groups -OCH3 is 1. The Morgan fingerprint density at radius 1 is 1.29 bits per heavy atom. The Bertz CT molecular complexity index is 540. The first-order valence-corrected chi connectivity index (χ1v) is 5.07. The first kappa shape index (κ1) is 11.3. The second kappa shape index (κ2) is 5.21. The second-order valence-electron chi connectivity index (χ2n) is 3.37. The normalized spacial score (nSPS) is 10.7. The van der Waals surface area contributed by atoms with E-state index in [1.165, 1.54) is 12.1 Å². The predicted octanol–water partition coefficient (Wildman–Crippen LogP) is 2.98. The Balaban J connectivity index is 2.19. The van der Waals surface area contributed by atoms with Crippen LogP contribution in [0.5, 0.6) is 5.88 Å². The van der Waals surface area contributed by atoms with Crippen molar-refractivity contribution >= 4 is 11.9 Å². The Kier molecular flexibility index (Phi) is 3.45. The summed E-state index contributed by atoms with van der Waals surface area (Å²) in [4.78, 5) is 8.19. The molecule has 3 nitrogen and oxygen atoms in total. The molecule has 2 aromatic rings. The summed E-state index contributed by atoms with van der Waals surface area (Å²) in [5, 5.41) is 0. The zero-order valence-corrected chi connectivity index (χ0v) is 9.30. The molecule has 17 heavy (non-hydrogen) atoms. The molecule has 0 fully saturated rings. The summed E-state index contributed by atoms with van der Waals surface area (Å²) in [5.74, 6) is 0.222. The summed E-state index contributed by atoms with van der Waals surface area (Å²) in [6, 6.07) is 9.69. The number of nitrogens with zero attached hydrogens (tertiary/aromatic N) is 2. The minimum atomic E-state index is -0.277. The number of hydrogen-bond acceptors (Lipinski definition) is 3. The van der Waals surface area contributed by atoms with Crippen LogP contribution in [0.4, 0.5) is 10.1 Å². The fourth-order valence-electron chi connectivity index (χ4n) is 1.33. The summed E-state index contributed by atoms with van der Waals surface area (Å²) in [5.41, 5.74) is 1.42. The van der Waals surface area contributed by atoms with Crippen LogP contribution >= 0.6 is 0 Å². The molecule has 0 aliphatic carbocycles. The van der Waals surface area contributed by atoms with E-state index in [0.29, 0.717) is 17.1 Å². The first-order chi connectivity index (χ1) is 8.28. The lowest BCUT2D eigenvalue weighted by molar-refractivity contribution is 0.398. The third-order valence-corrected chi connectivity index (χ3v) is 2.14. The smallest absolute Gasteiger partial charge is 0.215 e. The van der Waals surface area contributed by atoms with Gasteiger partial charge in [-0.1, -0.05) is 12.1 Å². The van der Waals surface area contributed by atoms with Gasteiger partial charge in [-0.2, -0.15) is 0 Å². The van der Waals surface area contributed by atoms with E-state index >= 15 is 0 Å². The quantitative estimate of drug-likeness (QED) is 0.760. The molecule has 0 aliphatic heterocycles. The number of aliphatic imine (C=N–C) groups is 1. The van der Waals surface area contributed by atoms with Gasteiger partial charge in [0.05, 0.1) is 12.8 Å². The van der Waals surface area contributed by atoms with E-state index in [1.54, 1.807) is 43.8 Å². The van der Waals surface area contributed by atoms with E-state index in [2.05, 4.69) is 9.98 Å². The Labute approximate surface area is 98.6 Å². The Morgan fingerprint density at radius 3 is 2.94 bits per heavy atom. The molecule has 0 bridgehead atoms. The van der Waals surface area contributed by atoms with Crippen molar-refractivity contribution in [3.8, 4) is 5.88 Å². The van der Waals surface area contributed by atoms with Gasteiger partial charge in [0.25, 0.3) is 0 Å². The summed E-state index contributed by atoms with van der Waals surface area (Å²) in [6.07, 6.45) is 3.20. The SMILES string of the molecule is COc1cc(N=Cc2cccc(F)c2)ccn1. The molecule has 86 valence electrons. The van der Waals surface area contributed by atoms with Crippen LogP contribution in [0.1, 0.15) is 5.56 Å². The van der Waals surface area contributed by atoms with E-state index in [9.17, 15) is 4.39 Å². The average molecular weight is 230 g/mol. The number of ether oxygens (including phenoxy) is 1. The van der Waals surface area contributed by atoms with Crippen LogP contribution in [0.3, 0.4) is 0 Å². The lowest BCUT2D eigenvalue weighted by atomic mass is 10.2. The highest BCUT2D eigenvalue weighted by Gasteiger charge is 1.95. The van der Waals surface area contributed by atoms with Crippen LogP contribution in [0, 0.1) is 5.82 Å². The lowest BCUT2D eigenvalue weighted by Crippen LogP contribution is -1.85. The van der Waals surface area contributed by atoms with E-state index in [4.69, 9.17) is 4.74 Å². The second-order valence-corrected chi connectivity index (χ2v) is 3.37. The topological polar surface area (TPSA) is 34.5 Å². The fourth-order valence-corrected chi connectivity index (χ4v) is 1.33. The number of pyridine rings is 1. The number of benzene rings is 1. The zero-order valence-electron chi connectivity index (χ0n) is 9.30. The monoisotopic (exact) mass is 230 g/mol. The van der Waals surface area contributed by atoms with Crippen LogP contribution in [-0.2, 0) is 0 Å². The molecule has 0 spiro atoms. The van der Waals surface area contributed by atoms with Crippen molar-refractivity contribution in [1.82, 2.24) is 4.98 Å². The van der Waals surface area contributed by atoms with E-state index in [-0.39, 0.29) is 5.82 Å². The van der Waals surface area contributed by atoms with Gasteiger partial charge in [0.15, 0.2) is 0 Å². The molecule has 1 aromatic heterocycles. The summed E-state index contributed by atoms with van der Waals surface area (Å²) in [7, 11) is 1.54. The maximum Gasteiger partial charge on any atom is 0.215 e. The first-order valence-electron chi connectivity index (χ1n) is 5.07. The van der Waals surface area contributed by atoms with E-state index in [1.807, 2.05) is 0 Å². The van der Waals surface area contributed by atoms with Crippen LogP contribution in [0.15, 0.2) is 47.6 Å². The van der Waals surface area contributed by atoms with Gasteiger partial charge in [-0.25, -0.2) is 9.37 Å². The van der Waals surface area contributed by atoms with Gasteiger partial charge in [-0.15, -0.1) is 0 Å². The number of halogens is 1. The maximum absolute atomic E-state index is 12.9. The summed E-state index contributed by atoms with van der Waals surface area (Å²) in [6.45, 7) is 0. The number of aromatic nitrogens is 1. The van der Waals surface area contributed by atoms with Gasteiger partial charge in [0.2, 0.25) is 5.88 Å². The molecule has 0 unspecified atom stereocenters. The van der Waals surface area contributed by atoms with Crippen molar-refractivity contribution in [3.63, 3.8) is 0 Å². The molecular formula is C13H11FN2O. The minimum Gasteiger partial charge on any atom is -0.481 e. The molecule has 0 N–H and O–H groups in total. The highest BCUT2D eigenvalue weighted by atomic mass is 19.1. The average Bonchev–Trinajstić information content (AvgIpc) is 2.37. The van der Waals surface area contributed by atoms with Gasteiger partial charge < -0.3 is 4.74 Å². The largest absolute Gasteiger partial charge is 0.481 e. The molecule has 0 radical (unpaired) electrons. The van der Waals surface area contributed by atoms with E-state index in [0.717, 1.165) is 0 Å². The fraction of sp³-hybridized carbons (Fsp3) is 0.0769. The Morgan fingerprint density at radius 2 is 2.18 bits per heavy atom. The molecule has 2 rings (SSSR count). The van der Waals surface area contributed by atoms with Crippen molar-refractivity contribution < 1.29 is 9.13 Å². The van der Waals surface area contributed by atoms with Crippen LogP contribution < -0.4 is 4.74 Å². The number of hydrogen-bond donors (Lipinski definition) is 0. The standard InChI is InChI=1S/C13H11FN2O/c1-17-13-8-12(5-6-15-13)16-9-10-3-2-4-11(14)7-10/h2-9H,1H3. The van der Waals surface area contributed by atoms with Crippen molar-refractivity contribution in [2.24, 2.45) is 4.99 Å². The van der Waals surface area contributed by atoms with Crippen molar-refractivity contribution in [2.75, 3.05) is 7.11 Å². The van der Waals surface area contributed by atoms with Crippen molar-refractivity contribution in [1.29, 1.82) is 0 Å². The molecule has 0 aliphatic rings. The molecule has 0 saturated carbocycles. The van der Waals surface area contributed by atoms with Crippen molar-refractivity contribution in [3.05, 3.63) is 54.0 Å². The zero-order chi connectivity index (χ0) is 12.1. The molecule has 1 heterocycles. The predicted molar refractivity (Wildman–Crippen MR) is 64.4 cm³/mol. The third kappa shape index (κ3) is 3.11. The van der Waals surface area contributed by atoms with Gasteiger partial charge in [-0.3, -0.25) is 4.99 Å². The third-order valence-electron chi connectivity index (χ3n) is 2.14. The van der Waals surface area contributed by atoms with Gasteiger partial charge in [0, 0.05) is 18.5 Å². The molecule has 1 aromatic carbocycles. The number of rotatable bonds is 3. The van der Waals surface area contributed by atoms with Gasteiger partial charge in [0.1, 0.15) is 5.82 Å². The van der Waals surface area contributed by atoms with Crippen LogP contribution in [0.25, 0.3) is 0 Å². The lowest BCUT2D eigenvalue weighted by Gasteiger charge is -1.98. The molecule has 0 amide bonds. The van der Waals surface area contributed by atoms with Crippen molar-refractivity contribution in [2.45, 2.75) is 0 Å². The van der Waals surface area contributed by atoms with Crippen LogP contribution in [0.2, 0.25) is 0 Å². The minimum absolute atomic E-state index is 0.277. The van der Waals surface area contributed by atoms with Gasteiger partial charge in [-0.05, 0) is 23.8 Å². The van der Waals surface area contributed by atoms with Crippen LogP contribution in [-0.4, -0.2) is 18.3 Å². The molecule has 4 heteroatoms. The Hall–Kier alpha value is -2.23.